The van der Waals surface area contributed by atoms with Gasteiger partial charge in [0.25, 0.3) is 0 Å². The predicted molar refractivity (Wildman–Crippen MR) is 58.8 cm³/mol. The molecule has 0 bridgehead atoms. The highest BCUT2D eigenvalue weighted by Gasteiger charge is 1.95. The summed E-state index contributed by atoms with van der Waals surface area (Å²) in [6.45, 7) is 1.44. The molecule has 0 amide bonds. The Bertz CT molecular complexity index is 462. The second-order valence-corrected chi connectivity index (χ2v) is 3.21. The van der Waals surface area contributed by atoms with Gasteiger partial charge >= 0.3 is 0 Å². The first kappa shape index (κ1) is 8.86. The summed E-state index contributed by atoms with van der Waals surface area (Å²) in [6.07, 6.45) is 7.10. The zero-order valence-corrected chi connectivity index (χ0v) is 7.88. The standard InChI is InChI=1S/C12H12N2/c1-2-6-13-9-10-3-4-12-11(8-10)5-7-14-12/h1,3-5,7-8,13-14H,6,9H2. The van der Waals surface area contributed by atoms with Crippen LogP contribution >= 0.6 is 0 Å². The van der Waals surface area contributed by atoms with Crippen LogP contribution in [0.15, 0.2) is 30.5 Å². The molecule has 0 atom stereocenters. The van der Waals surface area contributed by atoms with Gasteiger partial charge in [0.15, 0.2) is 0 Å². The molecule has 0 aliphatic carbocycles. The quantitative estimate of drug-likeness (QED) is 0.553. The number of nitrogens with one attached hydrogen (secondary N) is 2. The predicted octanol–water partition coefficient (Wildman–Crippen LogP) is 1.89. The molecule has 1 aromatic carbocycles. The molecule has 0 saturated carbocycles. The van der Waals surface area contributed by atoms with Crippen molar-refractivity contribution in [1.29, 1.82) is 0 Å². The van der Waals surface area contributed by atoms with Gasteiger partial charge in [0.05, 0.1) is 6.54 Å². The Kier molecular flexibility index (Phi) is 2.53. The van der Waals surface area contributed by atoms with Gasteiger partial charge in [-0.2, -0.15) is 0 Å². The smallest absolute Gasteiger partial charge is 0.0576 e. The highest BCUT2D eigenvalue weighted by Crippen LogP contribution is 2.13. The van der Waals surface area contributed by atoms with Gasteiger partial charge in [-0.1, -0.05) is 12.0 Å². The zero-order valence-electron chi connectivity index (χ0n) is 7.88. The number of terminal acetylenes is 1. The van der Waals surface area contributed by atoms with E-state index in [0.29, 0.717) is 6.54 Å². The molecule has 0 unspecified atom stereocenters. The van der Waals surface area contributed by atoms with E-state index in [1.807, 2.05) is 6.20 Å². The lowest BCUT2D eigenvalue weighted by Gasteiger charge is -2.01. The van der Waals surface area contributed by atoms with Crippen LogP contribution in [-0.4, -0.2) is 11.5 Å². The molecule has 2 nitrogen and oxygen atoms in total. The fraction of sp³-hybridized carbons (Fsp3) is 0.167. The first-order valence-electron chi connectivity index (χ1n) is 4.60. The number of fused-ring (bicyclic) bond motifs is 1. The van der Waals surface area contributed by atoms with Crippen molar-refractivity contribution >= 4 is 10.9 Å². The van der Waals surface area contributed by atoms with E-state index >= 15 is 0 Å². The van der Waals surface area contributed by atoms with Crippen LogP contribution in [0.5, 0.6) is 0 Å². The van der Waals surface area contributed by atoms with Gasteiger partial charge in [-0.15, -0.1) is 6.42 Å². The minimum absolute atomic E-state index is 0.616. The lowest BCUT2D eigenvalue weighted by Crippen LogP contribution is -2.12. The van der Waals surface area contributed by atoms with Gasteiger partial charge < -0.3 is 10.3 Å². The third-order valence-corrected chi connectivity index (χ3v) is 2.17. The lowest BCUT2D eigenvalue weighted by molar-refractivity contribution is 0.771. The van der Waals surface area contributed by atoms with Gasteiger partial charge in [-0.05, 0) is 29.1 Å². The first-order valence-corrected chi connectivity index (χ1v) is 4.60. The fourth-order valence-electron chi connectivity index (χ4n) is 1.49. The molecular weight excluding hydrogens is 172 g/mol. The molecule has 0 fully saturated rings. The number of hydrogen-bond donors (Lipinski definition) is 2. The first-order chi connectivity index (χ1) is 6.90. The summed E-state index contributed by atoms with van der Waals surface area (Å²) in [5.41, 5.74) is 2.43. The lowest BCUT2D eigenvalue weighted by atomic mass is 10.1. The van der Waals surface area contributed by atoms with Crippen molar-refractivity contribution in [3.63, 3.8) is 0 Å². The number of rotatable bonds is 3. The summed E-state index contributed by atoms with van der Waals surface area (Å²) in [4.78, 5) is 3.16. The van der Waals surface area contributed by atoms with Crippen LogP contribution in [0.25, 0.3) is 10.9 Å². The normalized spacial score (nSPS) is 10.2. The summed E-state index contributed by atoms with van der Waals surface area (Å²) in [7, 11) is 0. The van der Waals surface area contributed by atoms with Gasteiger partial charge in [-0.25, -0.2) is 0 Å². The van der Waals surface area contributed by atoms with Crippen molar-refractivity contribution in [3.8, 4) is 12.3 Å². The average molecular weight is 184 g/mol. The summed E-state index contributed by atoms with van der Waals surface area (Å²) >= 11 is 0. The molecule has 0 aliphatic heterocycles. The van der Waals surface area contributed by atoms with E-state index in [0.717, 1.165) is 6.54 Å². The Balaban J connectivity index is 2.14. The van der Waals surface area contributed by atoms with E-state index in [4.69, 9.17) is 6.42 Å². The molecule has 2 rings (SSSR count). The van der Waals surface area contributed by atoms with Gasteiger partial charge in [0.2, 0.25) is 0 Å². The molecule has 14 heavy (non-hydrogen) atoms. The maximum Gasteiger partial charge on any atom is 0.0576 e. The molecule has 70 valence electrons. The maximum absolute atomic E-state index is 5.15. The summed E-state index contributed by atoms with van der Waals surface area (Å²) in [6, 6.07) is 8.42. The Morgan fingerprint density at radius 3 is 3.14 bits per heavy atom. The van der Waals surface area contributed by atoms with Crippen LogP contribution in [0, 0.1) is 12.3 Å². The van der Waals surface area contributed by atoms with Gasteiger partial charge in [-0.3, -0.25) is 0 Å². The summed E-state index contributed by atoms with van der Waals surface area (Å²) in [5.74, 6) is 2.55. The van der Waals surface area contributed by atoms with Crippen molar-refractivity contribution in [1.82, 2.24) is 10.3 Å². The van der Waals surface area contributed by atoms with E-state index in [1.54, 1.807) is 0 Å². The maximum atomic E-state index is 5.15. The van der Waals surface area contributed by atoms with Crippen LogP contribution in [0.3, 0.4) is 0 Å². The number of hydrogen-bond acceptors (Lipinski definition) is 1. The topological polar surface area (TPSA) is 27.8 Å². The van der Waals surface area contributed by atoms with E-state index in [-0.39, 0.29) is 0 Å². The molecule has 0 radical (unpaired) electrons. The van der Waals surface area contributed by atoms with Crippen LogP contribution in [0.4, 0.5) is 0 Å². The molecule has 0 saturated heterocycles. The van der Waals surface area contributed by atoms with E-state index in [9.17, 15) is 0 Å². The summed E-state index contributed by atoms with van der Waals surface area (Å²) < 4.78 is 0. The van der Waals surface area contributed by atoms with Crippen LogP contribution in [0.2, 0.25) is 0 Å². The van der Waals surface area contributed by atoms with Gasteiger partial charge in [0.1, 0.15) is 0 Å². The average Bonchev–Trinajstić information content (AvgIpc) is 2.65. The van der Waals surface area contributed by atoms with Crippen LogP contribution in [-0.2, 0) is 6.54 Å². The highest BCUT2D eigenvalue weighted by atomic mass is 14.8. The Morgan fingerprint density at radius 2 is 2.29 bits per heavy atom. The molecule has 1 heterocycles. The molecule has 2 aromatic rings. The number of aromatic nitrogens is 1. The number of H-pyrrole nitrogens is 1. The Labute approximate surface area is 83.3 Å². The largest absolute Gasteiger partial charge is 0.361 e. The van der Waals surface area contributed by atoms with Crippen molar-refractivity contribution in [3.05, 3.63) is 36.0 Å². The van der Waals surface area contributed by atoms with E-state index in [2.05, 4.69) is 40.5 Å². The minimum Gasteiger partial charge on any atom is -0.361 e. The monoisotopic (exact) mass is 184 g/mol. The summed E-state index contributed by atoms with van der Waals surface area (Å²) in [5, 5.41) is 4.40. The zero-order chi connectivity index (χ0) is 9.80. The fourth-order valence-corrected chi connectivity index (χ4v) is 1.49. The van der Waals surface area contributed by atoms with E-state index < -0.39 is 0 Å². The third kappa shape index (κ3) is 1.78. The molecular formula is C12H12N2. The van der Waals surface area contributed by atoms with Crippen molar-refractivity contribution < 1.29 is 0 Å². The third-order valence-electron chi connectivity index (χ3n) is 2.17. The molecule has 2 heteroatoms. The number of aromatic amines is 1. The minimum atomic E-state index is 0.616. The molecule has 1 aromatic heterocycles. The molecule has 0 spiro atoms. The molecule has 0 aliphatic rings. The second kappa shape index (κ2) is 3.99. The van der Waals surface area contributed by atoms with E-state index in [1.165, 1.54) is 16.5 Å². The molecule has 2 N–H and O–H groups in total. The van der Waals surface area contributed by atoms with Gasteiger partial charge in [0, 0.05) is 18.3 Å². The Morgan fingerprint density at radius 1 is 1.36 bits per heavy atom. The van der Waals surface area contributed by atoms with Crippen molar-refractivity contribution in [2.45, 2.75) is 6.54 Å². The number of benzene rings is 1. The van der Waals surface area contributed by atoms with Crippen molar-refractivity contribution in [2.24, 2.45) is 0 Å². The van der Waals surface area contributed by atoms with Crippen LogP contribution in [0.1, 0.15) is 5.56 Å². The van der Waals surface area contributed by atoms with Crippen LogP contribution < -0.4 is 5.32 Å². The van der Waals surface area contributed by atoms with Crippen molar-refractivity contribution in [2.75, 3.05) is 6.54 Å². The highest BCUT2D eigenvalue weighted by molar-refractivity contribution is 5.79. The second-order valence-electron chi connectivity index (χ2n) is 3.21. The Hall–Kier alpha value is -1.72. The SMILES string of the molecule is C#CCNCc1ccc2[nH]ccc2c1.